The highest BCUT2D eigenvalue weighted by Crippen LogP contribution is 2.22. The van der Waals surface area contributed by atoms with Crippen LogP contribution in [0.25, 0.3) is 0 Å². The van der Waals surface area contributed by atoms with Crippen LogP contribution >= 0.6 is 0 Å². The topological polar surface area (TPSA) is 49.3 Å². The summed E-state index contributed by atoms with van der Waals surface area (Å²) >= 11 is 0. The Morgan fingerprint density at radius 1 is 1.21 bits per heavy atom. The molecular formula is C14H19F2NO2. The summed E-state index contributed by atoms with van der Waals surface area (Å²) in [4.78, 5) is 10.7. The zero-order chi connectivity index (χ0) is 14.6. The van der Waals surface area contributed by atoms with Crippen LogP contribution in [0.4, 0.5) is 14.5 Å². The molecule has 0 fully saturated rings. The smallest absolute Gasteiger partial charge is 0.335 e. The third kappa shape index (κ3) is 4.50. The van der Waals surface area contributed by atoms with Crippen LogP contribution in [0, 0.1) is 17.6 Å². The van der Waals surface area contributed by atoms with Gasteiger partial charge in [-0.25, -0.2) is 13.6 Å². The molecule has 2 N–H and O–H groups in total. The Bertz CT molecular complexity index is 438. The van der Waals surface area contributed by atoms with E-state index in [1.165, 1.54) is 0 Å². The van der Waals surface area contributed by atoms with Gasteiger partial charge in [0, 0.05) is 6.04 Å². The molecule has 0 spiro atoms. The van der Waals surface area contributed by atoms with Crippen LogP contribution in [-0.4, -0.2) is 17.1 Å². The van der Waals surface area contributed by atoms with Crippen LogP contribution in [0.1, 0.15) is 44.0 Å². The van der Waals surface area contributed by atoms with E-state index in [1.807, 2.05) is 6.92 Å². The Hall–Kier alpha value is -1.65. The van der Waals surface area contributed by atoms with Crippen molar-refractivity contribution in [3.63, 3.8) is 0 Å². The number of carboxylic acids is 1. The van der Waals surface area contributed by atoms with E-state index in [0.29, 0.717) is 5.92 Å². The predicted octanol–water partition coefficient (Wildman–Crippen LogP) is 3.90. The highest BCUT2D eigenvalue weighted by Gasteiger charge is 2.16. The molecule has 0 aromatic heterocycles. The van der Waals surface area contributed by atoms with Crippen LogP contribution in [0.2, 0.25) is 0 Å². The molecule has 1 unspecified atom stereocenters. The zero-order valence-corrected chi connectivity index (χ0v) is 11.3. The fourth-order valence-corrected chi connectivity index (χ4v) is 1.74. The Morgan fingerprint density at radius 2 is 1.74 bits per heavy atom. The number of hydrogen-bond donors (Lipinski definition) is 2. The maximum absolute atomic E-state index is 13.7. The number of carboxylic acid groups (broad SMARTS) is 1. The minimum absolute atomic E-state index is 0.0814. The lowest BCUT2D eigenvalue weighted by atomic mass is 10.0. The van der Waals surface area contributed by atoms with Gasteiger partial charge in [0.15, 0.2) is 0 Å². The standard InChI is InChI=1S/C14H19F2NO2/c1-8(2)4-5-9(3)17-13-11(15)6-10(14(18)19)7-12(13)16/h6-9,17H,4-5H2,1-3H3,(H,18,19). The molecule has 0 amide bonds. The SMILES string of the molecule is CC(C)CCC(C)Nc1c(F)cc(C(=O)O)cc1F. The number of halogens is 2. The van der Waals surface area contributed by atoms with Gasteiger partial charge in [-0.15, -0.1) is 0 Å². The molecule has 1 aromatic rings. The van der Waals surface area contributed by atoms with Gasteiger partial charge in [-0.3, -0.25) is 0 Å². The molecule has 0 saturated carbocycles. The van der Waals surface area contributed by atoms with Crippen LogP contribution in [0.15, 0.2) is 12.1 Å². The van der Waals surface area contributed by atoms with E-state index in [0.717, 1.165) is 25.0 Å². The minimum Gasteiger partial charge on any atom is -0.478 e. The van der Waals surface area contributed by atoms with E-state index in [1.54, 1.807) is 0 Å². The second kappa shape index (κ2) is 6.50. The highest BCUT2D eigenvalue weighted by atomic mass is 19.1. The normalized spacial score (nSPS) is 12.5. The Labute approximate surface area is 111 Å². The maximum atomic E-state index is 13.7. The fourth-order valence-electron chi connectivity index (χ4n) is 1.74. The van der Waals surface area contributed by atoms with E-state index < -0.39 is 23.2 Å². The van der Waals surface area contributed by atoms with Crippen LogP contribution in [0.5, 0.6) is 0 Å². The van der Waals surface area contributed by atoms with Gasteiger partial charge >= 0.3 is 5.97 Å². The van der Waals surface area contributed by atoms with Crippen molar-refractivity contribution in [1.29, 1.82) is 0 Å². The lowest BCUT2D eigenvalue weighted by molar-refractivity contribution is 0.0696. The maximum Gasteiger partial charge on any atom is 0.335 e. The van der Waals surface area contributed by atoms with Crippen LogP contribution < -0.4 is 5.32 Å². The summed E-state index contributed by atoms with van der Waals surface area (Å²) < 4.78 is 27.3. The van der Waals surface area contributed by atoms with Crippen molar-refractivity contribution in [3.8, 4) is 0 Å². The summed E-state index contributed by atoms with van der Waals surface area (Å²) in [6, 6.07) is 1.56. The third-order valence-electron chi connectivity index (χ3n) is 2.86. The number of nitrogens with one attached hydrogen (secondary N) is 1. The van der Waals surface area contributed by atoms with Crippen molar-refractivity contribution in [2.75, 3.05) is 5.32 Å². The molecule has 0 aliphatic carbocycles. The van der Waals surface area contributed by atoms with Crippen molar-refractivity contribution in [2.24, 2.45) is 5.92 Å². The third-order valence-corrected chi connectivity index (χ3v) is 2.86. The first-order valence-corrected chi connectivity index (χ1v) is 6.30. The number of benzene rings is 1. The van der Waals surface area contributed by atoms with Gasteiger partial charge in [0.1, 0.15) is 17.3 Å². The summed E-state index contributed by atoms with van der Waals surface area (Å²) in [5.74, 6) is -2.59. The number of carbonyl (C=O) groups is 1. The van der Waals surface area contributed by atoms with Gasteiger partial charge < -0.3 is 10.4 Å². The number of aromatic carboxylic acids is 1. The lowest BCUT2D eigenvalue weighted by Gasteiger charge is -2.17. The Balaban J connectivity index is 2.81. The summed E-state index contributed by atoms with van der Waals surface area (Å²) in [6.07, 6.45) is 1.74. The number of hydrogen-bond acceptors (Lipinski definition) is 2. The molecule has 0 radical (unpaired) electrons. The molecule has 0 bridgehead atoms. The molecule has 0 aliphatic rings. The summed E-state index contributed by atoms with van der Waals surface area (Å²) in [5, 5.41) is 11.5. The molecule has 19 heavy (non-hydrogen) atoms. The van der Waals surface area contributed by atoms with Gasteiger partial charge in [-0.1, -0.05) is 13.8 Å². The Morgan fingerprint density at radius 3 is 2.16 bits per heavy atom. The van der Waals surface area contributed by atoms with E-state index >= 15 is 0 Å². The largest absolute Gasteiger partial charge is 0.478 e. The first-order valence-electron chi connectivity index (χ1n) is 6.30. The van der Waals surface area contributed by atoms with Crippen LogP contribution in [-0.2, 0) is 0 Å². The molecule has 1 aromatic carbocycles. The van der Waals surface area contributed by atoms with Crippen molar-refractivity contribution < 1.29 is 18.7 Å². The van der Waals surface area contributed by atoms with E-state index in [2.05, 4.69) is 19.2 Å². The van der Waals surface area contributed by atoms with E-state index in [4.69, 9.17) is 5.11 Å². The fraction of sp³-hybridized carbons (Fsp3) is 0.500. The quantitative estimate of drug-likeness (QED) is 0.825. The first-order chi connectivity index (χ1) is 8.81. The molecule has 0 saturated heterocycles. The predicted molar refractivity (Wildman–Crippen MR) is 70.5 cm³/mol. The van der Waals surface area contributed by atoms with Gasteiger partial charge in [0.05, 0.1) is 5.56 Å². The highest BCUT2D eigenvalue weighted by molar-refractivity contribution is 5.88. The monoisotopic (exact) mass is 271 g/mol. The summed E-state index contributed by atoms with van der Waals surface area (Å²) in [7, 11) is 0. The molecule has 0 heterocycles. The number of anilines is 1. The second-order valence-electron chi connectivity index (χ2n) is 5.14. The Kier molecular flexibility index (Phi) is 5.27. The van der Waals surface area contributed by atoms with Gasteiger partial charge in [0.25, 0.3) is 0 Å². The number of rotatable bonds is 6. The molecule has 1 atom stereocenters. The van der Waals surface area contributed by atoms with Crippen LogP contribution in [0.3, 0.4) is 0 Å². The average molecular weight is 271 g/mol. The van der Waals surface area contributed by atoms with Crippen molar-refractivity contribution in [3.05, 3.63) is 29.3 Å². The minimum atomic E-state index is -1.35. The van der Waals surface area contributed by atoms with Gasteiger partial charge in [0.2, 0.25) is 0 Å². The summed E-state index contributed by atoms with van der Waals surface area (Å²) in [6.45, 7) is 6.00. The molecule has 0 aliphatic heterocycles. The summed E-state index contributed by atoms with van der Waals surface area (Å²) in [5.41, 5.74) is -0.656. The van der Waals surface area contributed by atoms with Gasteiger partial charge in [-0.05, 0) is 37.8 Å². The molecule has 3 nitrogen and oxygen atoms in total. The van der Waals surface area contributed by atoms with Crippen molar-refractivity contribution in [1.82, 2.24) is 0 Å². The molecule has 106 valence electrons. The van der Waals surface area contributed by atoms with E-state index in [-0.39, 0.29) is 11.7 Å². The van der Waals surface area contributed by atoms with E-state index in [9.17, 15) is 13.6 Å². The van der Waals surface area contributed by atoms with Crippen molar-refractivity contribution in [2.45, 2.75) is 39.7 Å². The lowest BCUT2D eigenvalue weighted by Crippen LogP contribution is -2.18. The van der Waals surface area contributed by atoms with Crippen molar-refractivity contribution >= 4 is 11.7 Å². The zero-order valence-electron chi connectivity index (χ0n) is 11.3. The second-order valence-corrected chi connectivity index (χ2v) is 5.14. The first kappa shape index (κ1) is 15.4. The van der Waals surface area contributed by atoms with Gasteiger partial charge in [-0.2, -0.15) is 0 Å². The molecule has 1 rings (SSSR count). The molecule has 5 heteroatoms. The average Bonchev–Trinajstić information content (AvgIpc) is 2.30. The molecular weight excluding hydrogens is 252 g/mol.